The van der Waals surface area contributed by atoms with E-state index in [0.717, 1.165) is 5.56 Å². The number of nitriles is 1. The Morgan fingerprint density at radius 2 is 2.31 bits per heavy atom. The van der Waals surface area contributed by atoms with E-state index in [1.54, 1.807) is 25.1 Å². The molecule has 4 nitrogen and oxygen atoms in total. The lowest BCUT2D eigenvalue weighted by atomic mass is 10.1. The lowest BCUT2D eigenvalue weighted by Gasteiger charge is -2.10. The van der Waals surface area contributed by atoms with Crippen LogP contribution in [-0.4, -0.2) is 8.76 Å². The van der Waals surface area contributed by atoms with Crippen molar-refractivity contribution in [2.75, 3.05) is 4.72 Å². The summed E-state index contributed by atoms with van der Waals surface area (Å²) >= 11 is -2.39. The molecule has 1 aromatic rings. The topological polar surface area (TPSA) is 75.9 Å². The third-order valence-corrected chi connectivity index (χ3v) is 1.96. The van der Waals surface area contributed by atoms with Gasteiger partial charge in [0.2, 0.25) is 0 Å². The van der Waals surface area contributed by atoms with Crippen LogP contribution < -0.4 is 4.72 Å². The smallest absolute Gasteiger partial charge is 0.102 e. The highest BCUT2D eigenvalue weighted by atomic mass is 32.2. The quantitative estimate of drug-likeness (QED) is 0.717. The van der Waals surface area contributed by atoms with Crippen LogP contribution in [0.5, 0.6) is 0 Å². The Balaban J connectivity index is 3.14. The van der Waals surface area contributed by atoms with Crippen LogP contribution in [0.25, 0.3) is 0 Å². The van der Waals surface area contributed by atoms with E-state index in [0.29, 0.717) is 11.3 Å². The van der Waals surface area contributed by atoms with Crippen LogP contribution in [0.15, 0.2) is 18.2 Å². The second kappa shape index (κ2) is 4.03. The molecule has 0 saturated heterocycles. The molecule has 0 spiro atoms. The zero-order chi connectivity index (χ0) is 9.84. The zero-order valence-electron chi connectivity index (χ0n) is 6.90. The molecule has 0 radical (unpaired) electrons. The Kier molecular flexibility index (Phi) is 3.01. The van der Waals surface area contributed by atoms with Gasteiger partial charge in [-0.05, 0) is 18.6 Å². The molecule has 1 aromatic carbocycles. The summed E-state index contributed by atoms with van der Waals surface area (Å²) in [5.74, 6) is 0. The molecule has 0 aliphatic heterocycles. The molecule has 0 fully saturated rings. The summed E-state index contributed by atoms with van der Waals surface area (Å²) in [7, 11) is 0. The van der Waals surface area contributed by atoms with Crippen molar-refractivity contribution in [1.82, 2.24) is 0 Å². The summed E-state index contributed by atoms with van der Waals surface area (Å²) in [5.41, 5.74) is 1.42. The van der Waals surface area contributed by atoms with Gasteiger partial charge >= 0.3 is 0 Å². The first-order valence-corrected chi connectivity index (χ1v) is 4.58. The fourth-order valence-electron chi connectivity index (χ4n) is 0.991. The van der Waals surface area contributed by atoms with E-state index < -0.39 is 11.3 Å². The van der Waals surface area contributed by atoms with E-state index in [2.05, 4.69) is 4.72 Å². The average Bonchev–Trinajstić information content (AvgIpc) is 2.03. The predicted octanol–water partition coefficient (Wildman–Crippen LogP) is 1.07. The van der Waals surface area contributed by atoms with Crippen molar-refractivity contribution in [3.8, 4) is 6.07 Å². The fraction of sp³-hybridized carbons (Fsp3) is 0.125. The fourth-order valence-corrected chi connectivity index (χ4v) is 1.34. The molecule has 1 unspecified atom stereocenters. The normalized spacial score (nSPS) is 11.8. The van der Waals surface area contributed by atoms with E-state index in [1.165, 1.54) is 0 Å². The van der Waals surface area contributed by atoms with Crippen molar-refractivity contribution in [3.63, 3.8) is 0 Å². The first-order valence-electron chi connectivity index (χ1n) is 3.51. The number of anilines is 1. The Hall–Kier alpha value is -1.38. The third-order valence-electron chi connectivity index (χ3n) is 1.58. The summed E-state index contributed by atoms with van der Waals surface area (Å²) < 4.78 is 22.8. The Morgan fingerprint density at radius 1 is 1.62 bits per heavy atom. The van der Waals surface area contributed by atoms with Gasteiger partial charge in [-0.25, -0.2) is 0 Å². The highest BCUT2D eigenvalue weighted by Gasteiger charge is 2.03. The number of nitrogens with one attached hydrogen (secondary N) is 1. The van der Waals surface area contributed by atoms with Crippen LogP contribution in [-0.2, 0) is 11.3 Å². The van der Waals surface area contributed by atoms with Gasteiger partial charge in [-0.1, -0.05) is 12.1 Å². The van der Waals surface area contributed by atoms with Crippen LogP contribution in [0.1, 0.15) is 11.1 Å². The third kappa shape index (κ3) is 2.28. The zero-order valence-corrected chi connectivity index (χ0v) is 7.72. The first kappa shape index (κ1) is 9.71. The second-order valence-electron chi connectivity index (χ2n) is 2.45. The molecule has 1 rings (SSSR count). The number of hydrogen-bond donors (Lipinski definition) is 1. The van der Waals surface area contributed by atoms with Gasteiger partial charge in [0.05, 0.1) is 11.3 Å². The van der Waals surface area contributed by atoms with Gasteiger partial charge in [0, 0.05) is 11.3 Å². The predicted molar refractivity (Wildman–Crippen MR) is 48.4 cm³/mol. The molecule has 0 bridgehead atoms. The summed E-state index contributed by atoms with van der Waals surface area (Å²) in [6, 6.07) is 6.91. The van der Waals surface area contributed by atoms with Crippen LogP contribution in [0.3, 0.4) is 0 Å². The maximum atomic E-state index is 10.3. The molecule has 0 heterocycles. The molecule has 0 saturated carbocycles. The number of nitrogens with zero attached hydrogens (tertiary/aromatic N) is 1. The largest absolute Gasteiger partial charge is 0.755 e. The van der Waals surface area contributed by atoms with Crippen molar-refractivity contribution < 1.29 is 8.76 Å². The van der Waals surface area contributed by atoms with Crippen molar-refractivity contribution in [3.05, 3.63) is 29.3 Å². The van der Waals surface area contributed by atoms with Gasteiger partial charge in [-0.3, -0.25) is 4.21 Å². The van der Waals surface area contributed by atoms with Crippen LogP contribution in [0.2, 0.25) is 0 Å². The van der Waals surface area contributed by atoms with Crippen LogP contribution in [0.4, 0.5) is 5.69 Å². The van der Waals surface area contributed by atoms with Crippen molar-refractivity contribution in [2.45, 2.75) is 6.92 Å². The van der Waals surface area contributed by atoms with Crippen LogP contribution >= 0.6 is 0 Å². The minimum atomic E-state index is -2.39. The van der Waals surface area contributed by atoms with Crippen LogP contribution in [0, 0.1) is 18.3 Å². The van der Waals surface area contributed by atoms with Gasteiger partial charge in [0.1, 0.15) is 6.07 Å². The van der Waals surface area contributed by atoms with E-state index in [4.69, 9.17) is 5.26 Å². The molecule has 0 aliphatic rings. The molecule has 1 atom stereocenters. The van der Waals surface area contributed by atoms with Gasteiger partial charge in [-0.2, -0.15) is 5.26 Å². The van der Waals surface area contributed by atoms with E-state index in [1.807, 2.05) is 6.07 Å². The van der Waals surface area contributed by atoms with E-state index >= 15 is 0 Å². The number of hydrogen-bond acceptors (Lipinski definition) is 3. The van der Waals surface area contributed by atoms with E-state index in [9.17, 15) is 8.76 Å². The summed E-state index contributed by atoms with van der Waals surface area (Å²) in [6.07, 6.45) is 0. The van der Waals surface area contributed by atoms with Crippen molar-refractivity contribution in [2.24, 2.45) is 0 Å². The van der Waals surface area contributed by atoms with Gasteiger partial charge in [-0.15, -0.1) is 0 Å². The Bertz CT molecular complexity index is 384. The molecule has 5 heteroatoms. The van der Waals surface area contributed by atoms with Crippen molar-refractivity contribution in [1.29, 1.82) is 5.26 Å². The second-order valence-corrected chi connectivity index (χ2v) is 3.12. The lowest BCUT2D eigenvalue weighted by Crippen LogP contribution is -2.04. The number of rotatable bonds is 2. The number of aryl methyl sites for hydroxylation is 1. The molecular weight excluding hydrogens is 188 g/mol. The average molecular weight is 195 g/mol. The first-order chi connectivity index (χ1) is 6.15. The lowest BCUT2D eigenvalue weighted by molar-refractivity contribution is 0.542. The van der Waals surface area contributed by atoms with E-state index in [-0.39, 0.29) is 0 Å². The molecule has 68 valence electrons. The molecule has 0 aliphatic carbocycles. The monoisotopic (exact) mass is 195 g/mol. The molecule has 0 amide bonds. The van der Waals surface area contributed by atoms with Gasteiger partial charge in [0.25, 0.3) is 0 Å². The minimum absolute atomic E-state index is 0.316. The SMILES string of the molecule is Cc1cccc(NS(=O)[O-])c1C#N. The summed E-state index contributed by atoms with van der Waals surface area (Å²) in [5, 5.41) is 8.72. The maximum absolute atomic E-state index is 10.3. The highest BCUT2D eigenvalue weighted by molar-refractivity contribution is 7.80. The standard InChI is InChI=1S/C8H8N2O2S/c1-6-3-2-4-8(7(6)5-9)10-13(11)12/h2-4,10H,1H3,(H,11,12)/p-1. The molecular formula is C8H7N2O2S-. The van der Waals surface area contributed by atoms with Gasteiger partial charge in [0.15, 0.2) is 0 Å². The molecule has 13 heavy (non-hydrogen) atoms. The summed E-state index contributed by atoms with van der Waals surface area (Å²) in [4.78, 5) is 0. The maximum Gasteiger partial charge on any atom is 0.102 e. The Labute approximate surface area is 78.6 Å². The number of benzene rings is 1. The molecule has 0 aromatic heterocycles. The summed E-state index contributed by atoms with van der Waals surface area (Å²) in [6.45, 7) is 1.75. The van der Waals surface area contributed by atoms with Gasteiger partial charge < -0.3 is 9.27 Å². The molecule has 1 N–H and O–H groups in total. The minimum Gasteiger partial charge on any atom is -0.755 e. The van der Waals surface area contributed by atoms with Crippen molar-refractivity contribution >= 4 is 17.0 Å². The highest BCUT2D eigenvalue weighted by Crippen LogP contribution is 2.18. The Morgan fingerprint density at radius 3 is 2.85 bits per heavy atom.